The van der Waals surface area contributed by atoms with Crippen LogP contribution in [0.4, 0.5) is 0 Å². The molecular formula is C12H12NO3. The number of aromatic amines is 1. The van der Waals surface area contributed by atoms with Crippen molar-refractivity contribution in [2.75, 3.05) is 7.11 Å². The number of ether oxygens (including phenoxy) is 1. The Morgan fingerprint density at radius 2 is 2.19 bits per heavy atom. The highest BCUT2D eigenvalue weighted by atomic mass is 16.5. The minimum atomic E-state index is -1.36. The molecule has 0 saturated carbocycles. The number of fused-ring (bicyclic) bond motifs is 1. The number of carbonyl (C=O) groups excluding carboxylic acids is 1. The van der Waals surface area contributed by atoms with Gasteiger partial charge >= 0.3 is 5.97 Å². The minimum Gasteiger partial charge on any atom is -0.467 e. The number of rotatable bonds is 3. The van der Waals surface area contributed by atoms with Gasteiger partial charge in [0, 0.05) is 23.5 Å². The van der Waals surface area contributed by atoms with Crippen LogP contribution in [0.25, 0.3) is 10.9 Å². The number of esters is 1. The maximum Gasteiger partial charge on any atom is 0.338 e. The molecule has 0 aliphatic heterocycles. The molecule has 83 valence electrons. The van der Waals surface area contributed by atoms with Crippen molar-refractivity contribution < 1.29 is 14.6 Å². The quantitative estimate of drug-likeness (QED) is 0.797. The fourth-order valence-corrected chi connectivity index (χ4v) is 1.72. The Kier molecular flexibility index (Phi) is 2.92. The maximum absolute atomic E-state index is 11.5. The highest BCUT2D eigenvalue weighted by Gasteiger charge is 2.19. The Morgan fingerprint density at radius 3 is 2.94 bits per heavy atom. The van der Waals surface area contributed by atoms with Crippen LogP contribution < -0.4 is 0 Å². The fraction of sp³-hybridized carbons (Fsp3) is 0.250. The highest BCUT2D eigenvalue weighted by molar-refractivity contribution is 5.84. The zero-order valence-corrected chi connectivity index (χ0v) is 8.90. The summed E-state index contributed by atoms with van der Waals surface area (Å²) in [6.07, 6.45) is 0.555. The summed E-state index contributed by atoms with van der Waals surface area (Å²) in [6, 6.07) is 7.66. The molecule has 0 aliphatic rings. The third kappa shape index (κ3) is 1.92. The predicted octanol–water partition coefficient (Wildman–Crippen LogP) is 1.68. The molecule has 2 aromatic rings. The summed E-state index contributed by atoms with van der Waals surface area (Å²) in [5.41, 5.74) is 1.82. The first-order valence-electron chi connectivity index (χ1n) is 5.01. The molecule has 4 nitrogen and oxygen atoms in total. The van der Waals surface area contributed by atoms with Crippen LogP contribution in [0.1, 0.15) is 5.56 Å². The van der Waals surface area contributed by atoms with Gasteiger partial charge in [0.2, 0.25) is 0 Å². The molecule has 1 aromatic heterocycles. The molecule has 4 heteroatoms. The van der Waals surface area contributed by atoms with Crippen molar-refractivity contribution in [3.8, 4) is 0 Å². The van der Waals surface area contributed by atoms with Gasteiger partial charge in [0.05, 0.1) is 7.11 Å². The van der Waals surface area contributed by atoms with Crippen LogP contribution in [0.5, 0.6) is 0 Å². The molecule has 1 radical (unpaired) electrons. The summed E-state index contributed by atoms with van der Waals surface area (Å²) in [7, 11) is 1.22. The van der Waals surface area contributed by atoms with Crippen LogP contribution in [0.3, 0.4) is 0 Å². The lowest BCUT2D eigenvalue weighted by Crippen LogP contribution is -2.22. The summed E-state index contributed by atoms with van der Waals surface area (Å²) in [5.74, 6) is -0.717. The molecule has 0 aliphatic carbocycles. The van der Waals surface area contributed by atoms with E-state index in [-0.39, 0.29) is 6.42 Å². The molecule has 0 amide bonds. The van der Waals surface area contributed by atoms with Crippen molar-refractivity contribution in [1.29, 1.82) is 0 Å². The Bertz CT molecular complexity index is 504. The number of para-hydroxylation sites is 1. The number of aromatic nitrogens is 1. The standard InChI is InChI=1S/C12H12NO3/c1-16-12(15)11(14)6-8-7-13-10-5-3-2-4-9(8)10/h2-5,7,11,13H,6H2,1H3. The van der Waals surface area contributed by atoms with Gasteiger partial charge in [-0.2, -0.15) is 0 Å². The second kappa shape index (κ2) is 4.37. The number of H-pyrrole nitrogens is 1. The van der Waals surface area contributed by atoms with Crippen molar-refractivity contribution in [3.05, 3.63) is 36.0 Å². The average Bonchev–Trinajstić information content (AvgIpc) is 2.72. The lowest BCUT2D eigenvalue weighted by Gasteiger charge is -2.04. The zero-order valence-electron chi connectivity index (χ0n) is 8.90. The summed E-state index contributed by atoms with van der Waals surface area (Å²) >= 11 is 0. The Balaban J connectivity index is 2.24. The van der Waals surface area contributed by atoms with E-state index in [4.69, 9.17) is 0 Å². The van der Waals surface area contributed by atoms with Crippen LogP contribution in [-0.4, -0.2) is 24.2 Å². The normalized spacial score (nSPS) is 12.6. The van der Waals surface area contributed by atoms with Gasteiger partial charge in [-0.3, -0.25) is 0 Å². The van der Waals surface area contributed by atoms with E-state index in [2.05, 4.69) is 9.72 Å². The SMILES string of the molecule is COC(=O)C([O])Cc1c[nH]c2ccccc12. The van der Waals surface area contributed by atoms with E-state index in [0.29, 0.717) is 0 Å². The lowest BCUT2D eigenvalue weighted by molar-refractivity contribution is -0.153. The third-order valence-electron chi connectivity index (χ3n) is 2.54. The summed E-state index contributed by atoms with van der Waals surface area (Å²) in [6.45, 7) is 0. The number of carbonyl (C=O) groups is 1. The second-order valence-electron chi connectivity index (χ2n) is 3.58. The zero-order chi connectivity index (χ0) is 11.5. The van der Waals surface area contributed by atoms with Crippen molar-refractivity contribution >= 4 is 16.9 Å². The number of methoxy groups -OCH3 is 1. The molecule has 1 atom stereocenters. The summed E-state index contributed by atoms with van der Waals surface area (Å²) < 4.78 is 4.41. The molecule has 1 aromatic carbocycles. The fourth-order valence-electron chi connectivity index (χ4n) is 1.72. The molecule has 1 N–H and O–H groups in total. The van der Waals surface area contributed by atoms with Crippen LogP contribution in [0.15, 0.2) is 30.5 Å². The average molecular weight is 218 g/mol. The number of nitrogens with one attached hydrogen (secondary N) is 1. The molecule has 16 heavy (non-hydrogen) atoms. The highest BCUT2D eigenvalue weighted by Crippen LogP contribution is 2.19. The van der Waals surface area contributed by atoms with Crippen molar-refractivity contribution in [3.63, 3.8) is 0 Å². The van der Waals surface area contributed by atoms with Gasteiger partial charge in [-0.1, -0.05) is 18.2 Å². The second-order valence-corrected chi connectivity index (χ2v) is 3.58. The molecule has 2 rings (SSSR count). The molecule has 1 unspecified atom stereocenters. The van der Waals surface area contributed by atoms with Crippen LogP contribution in [0.2, 0.25) is 0 Å². The first-order chi connectivity index (χ1) is 7.72. The van der Waals surface area contributed by atoms with E-state index in [1.807, 2.05) is 24.3 Å². The van der Waals surface area contributed by atoms with E-state index >= 15 is 0 Å². The topological polar surface area (TPSA) is 62.0 Å². The van der Waals surface area contributed by atoms with Crippen molar-refractivity contribution in [2.24, 2.45) is 0 Å². The lowest BCUT2D eigenvalue weighted by atomic mass is 10.1. The first kappa shape index (κ1) is 10.7. The third-order valence-corrected chi connectivity index (χ3v) is 2.54. The number of benzene rings is 1. The molecule has 0 spiro atoms. The minimum absolute atomic E-state index is 0.149. The number of hydrogen-bond donors (Lipinski definition) is 1. The number of hydrogen-bond acceptors (Lipinski definition) is 2. The smallest absolute Gasteiger partial charge is 0.338 e. The van der Waals surface area contributed by atoms with Gasteiger partial charge in [-0.25, -0.2) is 9.90 Å². The maximum atomic E-state index is 11.5. The molecule has 0 saturated heterocycles. The van der Waals surface area contributed by atoms with E-state index in [0.717, 1.165) is 16.5 Å². The van der Waals surface area contributed by atoms with Crippen molar-refractivity contribution in [2.45, 2.75) is 12.5 Å². The monoisotopic (exact) mass is 218 g/mol. The van der Waals surface area contributed by atoms with E-state index < -0.39 is 12.1 Å². The summed E-state index contributed by atoms with van der Waals surface area (Å²) in [5, 5.41) is 12.5. The largest absolute Gasteiger partial charge is 0.467 e. The van der Waals surface area contributed by atoms with Gasteiger partial charge in [-0.15, -0.1) is 0 Å². The van der Waals surface area contributed by atoms with Gasteiger partial charge in [-0.05, 0) is 11.6 Å². The molecular weight excluding hydrogens is 206 g/mol. The molecule has 0 fully saturated rings. The van der Waals surface area contributed by atoms with E-state index in [9.17, 15) is 9.90 Å². The van der Waals surface area contributed by atoms with E-state index in [1.165, 1.54) is 7.11 Å². The molecule has 1 heterocycles. The van der Waals surface area contributed by atoms with Crippen LogP contribution in [-0.2, 0) is 21.1 Å². The first-order valence-corrected chi connectivity index (χ1v) is 5.01. The molecule has 0 bridgehead atoms. The van der Waals surface area contributed by atoms with Crippen LogP contribution >= 0.6 is 0 Å². The van der Waals surface area contributed by atoms with Gasteiger partial charge in [0.1, 0.15) is 0 Å². The Hall–Kier alpha value is -1.81. The van der Waals surface area contributed by atoms with Gasteiger partial charge in [0.15, 0.2) is 6.10 Å². The van der Waals surface area contributed by atoms with E-state index in [1.54, 1.807) is 6.20 Å². The Labute approximate surface area is 92.9 Å². The van der Waals surface area contributed by atoms with Crippen molar-refractivity contribution in [1.82, 2.24) is 4.98 Å². The van der Waals surface area contributed by atoms with Gasteiger partial charge < -0.3 is 9.72 Å². The van der Waals surface area contributed by atoms with Gasteiger partial charge in [0.25, 0.3) is 0 Å². The predicted molar refractivity (Wildman–Crippen MR) is 58.5 cm³/mol. The summed E-state index contributed by atoms with van der Waals surface area (Å²) in [4.78, 5) is 14.1. The Morgan fingerprint density at radius 1 is 1.44 bits per heavy atom. The van der Waals surface area contributed by atoms with Crippen LogP contribution in [0, 0.1) is 0 Å².